The highest BCUT2D eigenvalue weighted by molar-refractivity contribution is 5.49. The van der Waals surface area contributed by atoms with Crippen LogP contribution in [0.5, 0.6) is 0 Å². The predicted molar refractivity (Wildman–Crippen MR) is 110 cm³/mol. The minimum Gasteiger partial charge on any atom is -0.389 e. The van der Waals surface area contributed by atoms with Gasteiger partial charge in [0.25, 0.3) is 0 Å². The highest BCUT2D eigenvalue weighted by Crippen LogP contribution is 2.49. The summed E-state index contributed by atoms with van der Waals surface area (Å²) in [6.45, 7) is 4.38. The first kappa shape index (κ1) is 21.9. The fourth-order valence-corrected chi connectivity index (χ4v) is 5.60. The van der Waals surface area contributed by atoms with Crippen molar-refractivity contribution in [3.05, 3.63) is 29.8 Å². The van der Waals surface area contributed by atoms with Crippen molar-refractivity contribution in [1.29, 1.82) is 0 Å². The van der Waals surface area contributed by atoms with E-state index in [4.69, 9.17) is 4.74 Å². The van der Waals surface area contributed by atoms with E-state index in [9.17, 15) is 18.3 Å². The molecule has 1 aliphatic heterocycles. The van der Waals surface area contributed by atoms with Crippen molar-refractivity contribution < 1.29 is 23.0 Å². The molecule has 4 nitrogen and oxygen atoms in total. The first-order chi connectivity index (χ1) is 14.4. The number of alkyl halides is 3. The van der Waals surface area contributed by atoms with Gasteiger partial charge in [-0.1, -0.05) is 12.5 Å². The van der Waals surface area contributed by atoms with Crippen molar-refractivity contribution in [3.63, 3.8) is 0 Å². The summed E-state index contributed by atoms with van der Waals surface area (Å²) in [7, 11) is 0. The number of benzene rings is 1. The normalized spacial score (nSPS) is 28.3. The number of aliphatic hydroxyl groups excluding tert-OH is 1. The van der Waals surface area contributed by atoms with Gasteiger partial charge in [0.15, 0.2) is 0 Å². The van der Waals surface area contributed by atoms with Crippen LogP contribution in [0.15, 0.2) is 24.3 Å². The number of aliphatic hydroxyl groups is 1. The van der Waals surface area contributed by atoms with Crippen molar-refractivity contribution in [3.8, 4) is 0 Å². The number of anilines is 1. The Morgan fingerprint density at radius 2 is 1.90 bits per heavy atom. The van der Waals surface area contributed by atoms with Crippen molar-refractivity contribution in [2.24, 2.45) is 17.8 Å². The van der Waals surface area contributed by atoms with E-state index in [1.54, 1.807) is 6.07 Å². The summed E-state index contributed by atoms with van der Waals surface area (Å²) in [6, 6.07) is 5.51. The van der Waals surface area contributed by atoms with Crippen LogP contribution in [0.25, 0.3) is 0 Å². The van der Waals surface area contributed by atoms with Gasteiger partial charge in [0, 0.05) is 45.0 Å². The lowest BCUT2D eigenvalue weighted by molar-refractivity contribution is -0.137. The first-order valence-corrected chi connectivity index (χ1v) is 11.3. The third-order valence-corrected chi connectivity index (χ3v) is 7.21. The molecular formula is C23H33F3N2O2. The minimum absolute atomic E-state index is 0.356. The molecule has 7 heteroatoms. The van der Waals surface area contributed by atoms with E-state index in [2.05, 4.69) is 4.90 Å². The number of halogens is 3. The van der Waals surface area contributed by atoms with Gasteiger partial charge in [0.05, 0.1) is 18.3 Å². The Kier molecular flexibility index (Phi) is 6.90. The van der Waals surface area contributed by atoms with E-state index in [1.807, 2.05) is 4.90 Å². The molecule has 4 rings (SSSR count). The molecule has 3 aliphatic rings. The van der Waals surface area contributed by atoms with Gasteiger partial charge in [0.2, 0.25) is 0 Å². The summed E-state index contributed by atoms with van der Waals surface area (Å²) in [6.07, 6.45) is 1.87. The van der Waals surface area contributed by atoms with Crippen LogP contribution in [-0.2, 0) is 10.9 Å². The maximum absolute atomic E-state index is 12.9. The van der Waals surface area contributed by atoms with E-state index in [0.717, 1.165) is 49.9 Å². The molecule has 1 aromatic carbocycles. The van der Waals surface area contributed by atoms with Gasteiger partial charge >= 0.3 is 6.18 Å². The summed E-state index contributed by atoms with van der Waals surface area (Å²) in [4.78, 5) is 4.14. The molecule has 0 aromatic heterocycles. The Morgan fingerprint density at radius 3 is 2.57 bits per heavy atom. The standard InChI is InChI=1S/C23H33F3N2O2/c24-23(25,26)20-2-1-3-21(14-20)28-9-7-27(8-10-28)15-22(29)16-30-11-6-19-13-17-4-5-18(19)12-17/h1-3,14,17-19,22,29H,4-13,15-16H2/t17-,18-,19-,22-/m1/s1. The summed E-state index contributed by atoms with van der Waals surface area (Å²) in [5.41, 5.74) is -0.00518. The lowest BCUT2D eigenvalue weighted by Gasteiger charge is -2.37. The average molecular weight is 427 g/mol. The second kappa shape index (κ2) is 9.45. The largest absolute Gasteiger partial charge is 0.416 e. The second-order valence-electron chi connectivity index (χ2n) is 9.29. The van der Waals surface area contributed by atoms with E-state index >= 15 is 0 Å². The van der Waals surface area contributed by atoms with E-state index < -0.39 is 17.8 Å². The molecule has 3 fully saturated rings. The quantitative estimate of drug-likeness (QED) is 0.637. The van der Waals surface area contributed by atoms with Gasteiger partial charge in [-0.05, 0) is 61.6 Å². The summed E-state index contributed by atoms with van der Waals surface area (Å²) in [5.74, 6) is 2.70. The number of hydrogen-bond acceptors (Lipinski definition) is 4. The number of β-amino-alcohol motifs (C(OH)–C–C–N with tert-alkyl or cyclic N) is 1. The molecule has 1 heterocycles. The number of rotatable bonds is 8. The van der Waals surface area contributed by atoms with Gasteiger partial charge in [-0.3, -0.25) is 4.90 Å². The third-order valence-electron chi connectivity index (χ3n) is 7.21. The smallest absolute Gasteiger partial charge is 0.389 e. The van der Waals surface area contributed by atoms with Crippen LogP contribution in [0.2, 0.25) is 0 Å². The number of ether oxygens (including phenoxy) is 1. The monoisotopic (exact) mass is 426 g/mol. The lowest BCUT2D eigenvalue weighted by atomic mass is 9.87. The van der Waals surface area contributed by atoms with Crippen LogP contribution in [0.4, 0.5) is 18.9 Å². The van der Waals surface area contributed by atoms with Crippen molar-refractivity contribution in [2.75, 3.05) is 50.8 Å². The zero-order valence-corrected chi connectivity index (χ0v) is 17.5. The minimum atomic E-state index is -4.32. The fraction of sp³-hybridized carbons (Fsp3) is 0.739. The van der Waals surface area contributed by atoms with Gasteiger partial charge in [-0.2, -0.15) is 13.2 Å². The molecule has 1 aromatic rings. The average Bonchev–Trinajstić information content (AvgIpc) is 3.35. The molecular weight excluding hydrogens is 393 g/mol. The Balaban J connectivity index is 1.13. The topological polar surface area (TPSA) is 35.9 Å². The summed E-state index contributed by atoms with van der Waals surface area (Å²) >= 11 is 0. The molecule has 168 valence electrons. The van der Waals surface area contributed by atoms with Crippen molar-refractivity contribution in [2.45, 2.75) is 44.4 Å². The molecule has 0 amide bonds. The second-order valence-corrected chi connectivity index (χ2v) is 9.29. The molecule has 0 spiro atoms. The van der Waals surface area contributed by atoms with Crippen LogP contribution in [0, 0.1) is 17.8 Å². The van der Waals surface area contributed by atoms with Gasteiger partial charge < -0.3 is 14.7 Å². The summed E-state index contributed by atoms with van der Waals surface area (Å²) in [5, 5.41) is 10.3. The van der Waals surface area contributed by atoms with E-state index in [-0.39, 0.29) is 0 Å². The molecule has 2 saturated carbocycles. The van der Waals surface area contributed by atoms with Crippen molar-refractivity contribution in [1.82, 2.24) is 4.90 Å². The molecule has 1 saturated heterocycles. The molecule has 0 radical (unpaired) electrons. The SMILES string of the molecule is O[C@@H](COCC[C@@H]1C[C@@H]2CC[C@@H]1C2)CN1CCN(c2cccc(C(F)(F)F)c2)CC1. The fourth-order valence-electron chi connectivity index (χ4n) is 5.60. The first-order valence-electron chi connectivity index (χ1n) is 11.3. The number of fused-ring (bicyclic) bond motifs is 2. The number of hydrogen-bond donors (Lipinski definition) is 1. The zero-order chi connectivity index (χ0) is 21.1. The molecule has 2 bridgehead atoms. The highest BCUT2D eigenvalue weighted by Gasteiger charge is 2.38. The molecule has 0 unspecified atom stereocenters. The molecule has 4 atom stereocenters. The predicted octanol–water partition coefficient (Wildman–Crippen LogP) is 4.03. The van der Waals surface area contributed by atoms with Crippen LogP contribution >= 0.6 is 0 Å². The maximum atomic E-state index is 12.9. The Labute approximate surface area is 177 Å². The van der Waals surface area contributed by atoms with Gasteiger partial charge in [-0.15, -0.1) is 0 Å². The van der Waals surface area contributed by atoms with Crippen LogP contribution < -0.4 is 4.90 Å². The Morgan fingerprint density at radius 1 is 1.10 bits per heavy atom. The maximum Gasteiger partial charge on any atom is 0.416 e. The van der Waals surface area contributed by atoms with Gasteiger partial charge in [-0.25, -0.2) is 0 Å². The zero-order valence-electron chi connectivity index (χ0n) is 17.5. The summed E-state index contributed by atoms with van der Waals surface area (Å²) < 4.78 is 44.5. The van der Waals surface area contributed by atoms with Crippen molar-refractivity contribution >= 4 is 5.69 Å². The number of nitrogens with zero attached hydrogens (tertiary/aromatic N) is 2. The van der Waals surface area contributed by atoms with Crippen LogP contribution in [0.1, 0.15) is 37.7 Å². The van der Waals surface area contributed by atoms with E-state index in [0.29, 0.717) is 31.9 Å². The van der Waals surface area contributed by atoms with Crippen LogP contribution in [-0.4, -0.2) is 62.0 Å². The molecule has 30 heavy (non-hydrogen) atoms. The molecule has 1 N–H and O–H groups in total. The van der Waals surface area contributed by atoms with E-state index in [1.165, 1.54) is 37.8 Å². The number of piperazine rings is 1. The molecule has 2 aliphatic carbocycles. The third kappa shape index (κ3) is 5.48. The van der Waals surface area contributed by atoms with Crippen LogP contribution in [0.3, 0.4) is 0 Å². The Hall–Kier alpha value is -1.31. The van der Waals surface area contributed by atoms with Gasteiger partial charge in [0.1, 0.15) is 0 Å². The highest BCUT2D eigenvalue weighted by atomic mass is 19.4. The lowest BCUT2D eigenvalue weighted by Crippen LogP contribution is -2.49. The Bertz CT molecular complexity index is 691.